The van der Waals surface area contributed by atoms with Crippen molar-refractivity contribution in [3.05, 3.63) is 0 Å². The molecule has 0 aromatic rings. The molecule has 0 bridgehead atoms. The summed E-state index contributed by atoms with van der Waals surface area (Å²) in [5.74, 6) is 0. The number of nitrogens with zero attached hydrogens (tertiary/aromatic N) is 2. The zero-order valence-corrected chi connectivity index (χ0v) is 24.1. The third kappa shape index (κ3) is 24.9. The molecule has 0 radical (unpaired) electrons. The van der Waals surface area contributed by atoms with E-state index >= 15 is 0 Å². The maximum absolute atomic E-state index is 5.91. The maximum atomic E-state index is 5.91. The number of hydrogen-bond donors (Lipinski definition) is 0. The fourth-order valence-corrected chi connectivity index (χ4v) is 4.38. The van der Waals surface area contributed by atoms with Crippen LogP contribution in [0.4, 0.5) is 0 Å². The van der Waals surface area contributed by atoms with E-state index in [0.29, 0.717) is 0 Å². The highest BCUT2D eigenvalue weighted by atomic mass is 16.5. The van der Waals surface area contributed by atoms with Crippen molar-refractivity contribution in [2.75, 3.05) is 65.7 Å². The van der Waals surface area contributed by atoms with E-state index in [4.69, 9.17) is 9.47 Å². The van der Waals surface area contributed by atoms with Gasteiger partial charge >= 0.3 is 0 Å². The van der Waals surface area contributed by atoms with Gasteiger partial charge in [0.05, 0.1) is 26.4 Å². The summed E-state index contributed by atoms with van der Waals surface area (Å²) in [5, 5.41) is 0. The van der Waals surface area contributed by atoms with Crippen LogP contribution in [0, 0.1) is 0 Å². The van der Waals surface area contributed by atoms with E-state index in [1.54, 1.807) is 0 Å². The Morgan fingerprint density at radius 2 is 0.647 bits per heavy atom. The summed E-state index contributed by atoms with van der Waals surface area (Å²) in [4.78, 5) is 5.22. The zero-order valence-electron chi connectivity index (χ0n) is 24.1. The molecule has 0 saturated heterocycles. The van der Waals surface area contributed by atoms with Gasteiger partial charge in [-0.1, -0.05) is 105 Å². The summed E-state index contributed by atoms with van der Waals surface area (Å²) >= 11 is 0. The van der Waals surface area contributed by atoms with Gasteiger partial charge in [-0.05, 0) is 51.9 Å². The molecule has 0 aromatic carbocycles. The first-order chi connectivity index (χ1) is 16.8. The van der Waals surface area contributed by atoms with E-state index in [1.807, 2.05) is 0 Å². The normalized spacial score (nSPS) is 11.8. The molecule has 206 valence electrons. The molecule has 0 unspecified atom stereocenters. The molecular formula is C30H64N2O2. The largest absolute Gasteiger partial charge is 0.378 e. The van der Waals surface area contributed by atoms with Crippen molar-refractivity contribution in [3.63, 3.8) is 0 Å². The molecule has 0 rings (SSSR count). The number of rotatable bonds is 29. The fourth-order valence-electron chi connectivity index (χ4n) is 4.38. The van der Waals surface area contributed by atoms with E-state index in [1.165, 1.54) is 129 Å². The minimum absolute atomic E-state index is 0.727. The Morgan fingerprint density at radius 1 is 0.324 bits per heavy atom. The van der Waals surface area contributed by atoms with Gasteiger partial charge in [0.15, 0.2) is 0 Å². The molecule has 34 heavy (non-hydrogen) atoms. The van der Waals surface area contributed by atoms with Gasteiger partial charge in [-0.2, -0.15) is 0 Å². The Labute approximate surface area is 215 Å². The van der Waals surface area contributed by atoms with Crippen LogP contribution >= 0.6 is 0 Å². The van der Waals surface area contributed by atoms with Gasteiger partial charge < -0.3 is 19.3 Å². The van der Waals surface area contributed by atoms with Crippen molar-refractivity contribution >= 4 is 0 Å². The number of hydrogen-bond acceptors (Lipinski definition) is 4. The molecule has 0 atom stereocenters. The minimum Gasteiger partial charge on any atom is -0.378 e. The Bertz CT molecular complexity index is 334. The lowest BCUT2D eigenvalue weighted by atomic mass is 10.1. The molecule has 0 aromatic heterocycles. The fraction of sp³-hybridized carbons (Fsp3) is 1.00. The molecular weight excluding hydrogens is 420 g/mol. The molecule has 0 amide bonds. The van der Waals surface area contributed by atoms with Crippen LogP contribution < -0.4 is 0 Å². The summed E-state index contributed by atoms with van der Waals surface area (Å²) < 4.78 is 11.8. The summed E-state index contributed by atoms with van der Waals surface area (Å²) in [6.45, 7) is 19.3. The standard InChI is InChI=1S/C30H64N2O2/c1-5-9-13-15-17-19-23-31(21-11-7-3)25-27-33-29-30-34-28-26-32(22-12-8-4)24-20-18-16-14-10-6-2/h5-30H2,1-4H3. The first-order valence-corrected chi connectivity index (χ1v) is 15.4. The van der Waals surface area contributed by atoms with Crippen molar-refractivity contribution in [1.29, 1.82) is 0 Å². The Balaban J connectivity index is 3.80. The lowest BCUT2D eigenvalue weighted by Crippen LogP contribution is -2.31. The summed E-state index contributed by atoms with van der Waals surface area (Å²) in [6, 6.07) is 0. The van der Waals surface area contributed by atoms with Gasteiger partial charge in [0, 0.05) is 13.1 Å². The molecule has 0 aliphatic rings. The second-order valence-corrected chi connectivity index (χ2v) is 10.2. The average Bonchev–Trinajstić information content (AvgIpc) is 2.85. The Kier molecular flexibility index (Phi) is 28.9. The molecule has 0 saturated carbocycles. The molecule has 0 aliphatic carbocycles. The molecule has 4 heteroatoms. The molecule has 0 N–H and O–H groups in total. The van der Waals surface area contributed by atoms with E-state index in [0.717, 1.165) is 39.5 Å². The smallest absolute Gasteiger partial charge is 0.0701 e. The third-order valence-electron chi connectivity index (χ3n) is 6.79. The van der Waals surface area contributed by atoms with Crippen LogP contribution in [0.2, 0.25) is 0 Å². The van der Waals surface area contributed by atoms with E-state index in [-0.39, 0.29) is 0 Å². The lowest BCUT2D eigenvalue weighted by molar-refractivity contribution is 0.0306. The van der Waals surface area contributed by atoms with Crippen LogP contribution in [-0.4, -0.2) is 75.5 Å². The highest BCUT2D eigenvalue weighted by molar-refractivity contribution is 4.60. The van der Waals surface area contributed by atoms with E-state index in [9.17, 15) is 0 Å². The third-order valence-corrected chi connectivity index (χ3v) is 6.79. The van der Waals surface area contributed by atoms with Crippen molar-refractivity contribution in [1.82, 2.24) is 9.80 Å². The van der Waals surface area contributed by atoms with Crippen LogP contribution in [0.15, 0.2) is 0 Å². The average molecular weight is 485 g/mol. The second kappa shape index (κ2) is 29.1. The van der Waals surface area contributed by atoms with E-state index < -0.39 is 0 Å². The van der Waals surface area contributed by atoms with Crippen LogP contribution in [0.3, 0.4) is 0 Å². The molecule has 0 spiro atoms. The quantitative estimate of drug-likeness (QED) is 0.101. The second-order valence-electron chi connectivity index (χ2n) is 10.2. The lowest BCUT2D eigenvalue weighted by Gasteiger charge is -2.22. The predicted octanol–water partition coefficient (Wildman–Crippen LogP) is 7.94. The number of unbranched alkanes of at least 4 members (excludes halogenated alkanes) is 12. The van der Waals surface area contributed by atoms with Crippen LogP contribution in [0.1, 0.15) is 130 Å². The molecule has 4 nitrogen and oxygen atoms in total. The van der Waals surface area contributed by atoms with Crippen molar-refractivity contribution in [2.24, 2.45) is 0 Å². The van der Waals surface area contributed by atoms with Crippen LogP contribution in [0.25, 0.3) is 0 Å². The number of ether oxygens (including phenoxy) is 2. The van der Waals surface area contributed by atoms with Crippen molar-refractivity contribution in [2.45, 2.75) is 130 Å². The van der Waals surface area contributed by atoms with Gasteiger partial charge in [-0.3, -0.25) is 0 Å². The van der Waals surface area contributed by atoms with Gasteiger partial charge in [-0.15, -0.1) is 0 Å². The molecule has 0 heterocycles. The topological polar surface area (TPSA) is 24.9 Å². The maximum Gasteiger partial charge on any atom is 0.0701 e. The SMILES string of the molecule is CCCCCCCCN(CCCC)CCOCCOCCN(CCCC)CCCCCCCC. The van der Waals surface area contributed by atoms with Crippen LogP contribution in [0.5, 0.6) is 0 Å². The van der Waals surface area contributed by atoms with Crippen molar-refractivity contribution in [3.8, 4) is 0 Å². The Morgan fingerprint density at radius 3 is 1.03 bits per heavy atom. The summed E-state index contributed by atoms with van der Waals surface area (Å²) in [6.07, 6.45) is 21.6. The van der Waals surface area contributed by atoms with Crippen molar-refractivity contribution < 1.29 is 9.47 Å². The van der Waals surface area contributed by atoms with Crippen LogP contribution in [-0.2, 0) is 9.47 Å². The monoisotopic (exact) mass is 484 g/mol. The summed E-state index contributed by atoms with van der Waals surface area (Å²) in [5.41, 5.74) is 0. The van der Waals surface area contributed by atoms with Gasteiger partial charge in [0.25, 0.3) is 0 Å². The highest BCUT2D eigenvalue weighted by Crippen LogP contribution is 2.08. The molecule has 0 fully saturated rings. The van der Waals surface area contributed by atoms with Gasteiger partial charge in [0.1, 0.15) is 0 Å². The summed E-state index contributed by atoms with van der Waals surface area (Å²) in [7, 11) is 0. The highest BCUT2D eigenvalue weighted by Gasteiger charge is 2.06. The first-order valence-electron chi connectivity index (χ1n) is 15.4. The molecule has 0 aliphatic heterocycles. The van der Waals surface area contributed by atoms with E-state index in [2.05, 4.69) is 37.5 Å². The first kappa shape index (κ1) is 33.8. The predicted molar refractivity (Wildman–Crippen MR) is 151 cm³/mol. The zero-order chi connectivity index (χ0) is 25.0. The Hall–Kier alpha value is -0.160. The minimum atomic E-state index is 0.727. The van der Waals surface area contributed by atoms with Gasteiger partial charge in [-0.25, -0.2) is 0 Å². The van der Waals surface area contributed by atoms with Gasteiger partial charge in [0.2, 0.25) is 0 Å².